The number of benzene rings is 2. The van der Waals surface area contributed by atoms with Gasteiger partial charge in [-0.3, -0.25) is 0 Å². The molecule has 4 heteroatoms. The Balaban J connectivity index is 2.25. The van der Waals surface area contributed by atoms with E-state index < -0.39 is 0 Å². The van der Waals surface area contributed by atoms with Crippen molar-refractivity contribution in [3.05, 3.63) is 47.0 Å². The smallest absolute Gasteiger partial charge is 0.139 e. The van der Waals surface area contributed by atoms with E-state index in [1.807, 2.05) is 37.3 Å². The summed E-state index contributed by atoms with van der Waals surface area (Å²) in [6, 6.07) is 11.4. The van der Waals surface area contributed by atoms with Crippen LogP contribution in [-0.2, 0) is 0 Å². The molecule has 0 atom stereocenters. The Hall–Kier alpha value is -1.87. The van der Waals surface area contributed by atoms with E-state index in [9.17, 15) is 0 Å². The fourth-order valence-corrected chi connectivity index (χ4v) is 1.82. The monoisotopic (exact) mass is 262 g/mol. The summed E-state index contributed by atoms with van der Waals surface area (Å²) in [5.74, 6) is 0.641. The van der Waals surface area contributed by atoms with Gasteiger partial charge in [0.15, 0.2) is 0 Å². The Kier molecular flexibility index (Phi) is 3.63. The Morgan fingerprint density at radius 1 is 1.11 bits per heavy atom. The predicted octanol–water partition coefficient (Wildman–Crippen LogP) is 3.98. The molecule has 0 bridgehead atoms. The number of nitrogens with one attached hydrogen (secondary N) is 1. The number of nitrogens with two attached hydrogens (primary N) is 1. The third-order valence-electron chi connectivity index (χ3n) is 2.72. The second-order valence-corrected chi connectivity index (χ2v) is 4.45. The lowest BCUT2D eigenvalue weighted by Gasteiger charge is -2.10. The first-order valence-corrected chi connectivity index (χ1v) is 5.94. The number of hydrogen-bond acceptors (Lipinski definition) is 3. The third-order valence-corrected chi connectivity index (χ3v) is 3.03. The molecular formula is C14H15ClN2O. The first-order valence-electron chi connectivity index (χ1n) is 5.57. The molecule has 2 rings (SSSR count). The highest BCUT2D eigenvalue weighted by Gasteiger charge is 2.03. The molecule has 2 aromatic carbocycles. The van der Waals surface area contributed by atoms with Crippen molar-refractivity contribution in [2.45, 2.75) is 6.92 Å². The zero-order valence-corrected chi connectivity index (χ0v) is 11.1. The molecule has 3 N–H and O–H groups in total. The molecule has 18 heavy (non-hydrogen) atoms. The Morgan fingerprint density at radius 3 is 2.44 bits per heavy atom. The Labute approximate surface area is 112 Å². The van der Waals surface area contributed by atoms with Gasteiger partial charge in [0.05, 0.1) is 12.1 Å². The van der Waals surface area contributed by atoms with Crippen LogP contribution in [0.5, 0.6) is 5.75 Å². The van der Waals surface area contributed by atoms with Gasteiger partial charge in [-0.2, -0.15) is 0 Å². The van der Waals surface area contributed by atoms with Crippen LogP contribution in [0.3, 0.4) is 0 Å². The minimum Gasteiger partial charge on any atom is -0.495 e. The van der Waals surface area contributed by atoms with Crippen LogP contribution in [-0.4, -0.2) is 7.11 Å². The number of hydrogen-bond donors (Lipinski definition) is 2. The molecule has 3 nitrogen and oxygen atoms in total. The first-order chi connectivity index (χ1) is 8.60. The lowest BCUT2D eigenvalue weighted by atomic mass is 10.2. The van der Waals surface area contributed by atoms with Gasteiger partial charge in [-0.25, -0.2) is 0 Å². The average Bonchev–Trinajstić information content (AvgIpc) is 2.36. The van der Waals surface area contributed by atoms with Gasteiger partial charge in [0.2, 0.25) is 0 Å². The van der Waals surface area contributed by atoms with Crippen LogP contribution in [0, 0.1) is 6.92 Å². The van der Waals surface area contributed by atoms with Crippen molar-refractivity contribution in [3.8, 4) is 5.75 Å². The van der Waals surface area contributed by atoms with Crippen LogP contribution < -0.4 is 15.8 Å². The number of nitrogen functional groups attached to an aromatic ring is 1. The Bertz CT molecular complexity index is 570. The maximum absolute atomic E-state index is 5.97. The summed E-state index contributed by atoms with van der Waals surface area (Å²) in [6.07, 6.45) is 0. The van der Waals surface area contributed by atoms with E-state index in [0.29, 0.717) is 10.8 Å². The van der Waals surface area contributed by atoms with Gasteiger partial charge in [-0.1, -0.05) is 17.7 Å². The highest BCUT2D eigenvalue weighted by Crippen LogP contribution is 2.29. The van der Waals surface area contributed by atoms with E-state index in [1.165, 1.54) is 0 Å². The molecule has 0 saturated carbocycles. The summed E-state index contributed by atoms with van der Waals surface area (Å²) >= 11 is 5.97. The molecule has 0 aromatic heterocycles. The summed E-state index contributed by atoms with van der Waals surface area (Å²) in [6.45, 7) is 1.98. The Morgan fingerprint density at radius 2 is 1.78 bits per heavy atom. The van der Waals surface area contributed by atoms with Crippen molar-refractivity contribution in [3.63, 3.8) is 0 Å². The van der Waals surface area contributed by atoms with Gasteiger partial charge in [0, 0.05) is 23.1 Å². The van der Waals surface area contributed by atoms with Gasteiger partial charge in [0.1, 0.15) is 5.75 Å². The van der Waals surface area contributed by atoms with Crippen molar-refractivity contribution < 1.29 is 4.74 Å². The van der Waals surface area contributed by atoms with Gasteiger partial charge in [-0.05, 0) is 36.8 Å². The van der Waals surface area contributed by atoms with Gasteiger partial charge in [0.25, 0.3) is 0 Å². The van der Waals surface area contributed by atoms with E-state index in [4.69, 9.17) is 22.1 Å². The van der Waals surface area contributed by atoms with E-state index in [1.54, 1.807) is 13.2 Å². The summed E-state index contributed by atoms with van der Waals surface area (Å²) in [5.41, 5.74) is 9.53. The summed E-state index contributed by atoms with van der Waals surface area (Å²) in [5, 5.41) is 3.84. The molecule has 2 aromatic rings. The van der Waals surface area contributed by atoms with Crippen molar-refractivity contribution in [1.29, 1.82) is 0 Å². The molecule has 0 fully saturated rings. The molecule has 0 heterocycles. The van der Waals surface area contributed by atoms with Crippen LogP contribution in [0.2, 0.25) is 5.02 Å². The largest absolute Gasteiger partial charge is 0.495 e. The number of rotatable bonds is 3. The average molecular weight is 263 g/mol. The quantitative estimate of drug-likeness (QED) is 0.823. The second-order valence-electron chi connectivity index (χ2n) is 4.05. The first kappa shape index (κ1) is 12.6. The number of methoxy groups -OCH3 is 1. The minimum absolute atomic E-state index is 0.589. The van der Waals surface area contributed by atoms with Crippen LogP contribution in [0.25, 0.3) is 0 Å². The molecule has 0 radical (unpaired) electrons. The van der Waals surface area contributed by atoms with Crippen LogP contribution in [0.15, 0.2) is 36.4 Å². The fourth-order valence-electron chi connectivity index (χ4n) is 1.62. The normalized spacial score (nSPS) is 10.2. The van der Waals surface area contributed by atoms with Gasteiger partial charge < -0.3 is 15.8 Å². The highest BCUT2D eigenvalue weighted by molar-refractivity contribution is 6.32. The van der Waals surface area contributed by atoms with Crippen LogP contribution in [0.1, 0.15) is 5.56 Å². The van der Waals surface area contributed by atoms with E-state index >= 15 is 0 Å². The molecule has 0 spiro atoms. The number of anilines is 3. The van der Waals surface area contributed by atoms with Gasteiger partial charge in [-0.15, -0.1) is 0 Å². The molecule has 94 valence electrons. The standard InChI is InChI=1S/C14H15ClN2O/c1-9-3-4-10(7-13(9)16)17-11-5-6-12(15)14(8-11)18-2/h3-8,17H,16H2,1-2H3. The van der Waals surface area contributed by atoms with E-state index in [-0.39, 0.29) is 0 Å². The van der Waals surface area contributed by atoms with Gasteiger partial charge >= 0.3 is 0 Å². The fraction of sp³-hybridized carbons (Fsp3) is 0.143. The molecule has 0 aliphatic rings. The van der Waals surface area contributed by atoms with E-state index in [0.717, 1.165) is 22.6 Å². The molecule has 0 aliphatic carbocycles. The van der Waals surface area contributed by atoms with E-state index in [2.05, 4.69) is 5.32 Å². The second kappa shape index (κ2) is 5.19. The van der Waals surface area contributed by atoms with Crippen molar-refractivity contribution in [2.75, 3.05) is 18.2 Å². The molecular weight excluding hydrogens is 248 g/mol. The van der Waals surface area contributed by atoms with Crippen molar-refractivity contribution >= 4 is 28.7 Å². The lowest BCUT2D eigenvalue weighted by Crippen LogP contribution is -1.95. The zero-order chi connectivity index (χ0) is 13.1. The van der Waals surface area contributed by atoms with Crippen molar-refractivity contribution in [1.82, 2.24) is 0 Å². The lowest BCUT2D eigenvalue weighted by molar-refractivity contribution is 0.415. The van der Waals surface area contributed by atoms with Crippen LogP contribution >= 0.6 is 11.6 Å². The topological polar surface area (TPSA) is 47.3 Å². The third kappa shape index (κ3) is 2.68. The number of aryl methyl sites for hydroxylation is 1. The number of ether oxygens (including phenoxy) is 1. The SMILES string of the molecule is COc1cc(Nc2ccc(C)c(N)c2)ccc1Cl. The predicted molar refractivity (Wildman–Crippen MR) is 76.9 cm³/mol. The summed E-state index contributed by atoms with van der Waals surface area (Å²) in [4.78, 5) is 0. The molecule has 0 saturated heterocycles. The maximum atomic E-state index is 5.97. The van der Waals surface area contributed by atoms with Crippen LogP contribution in [0.4, 0.5) is 17.1 Å². The molecule has 0 aliphatic heterocycles. The maximum Gasteiger partial charge on any atom is 0.139 e. The summed E-state index contributed by atoms with van der Waals surface area (Å²) in [7, 11) is 1.59. The molecule has 0 amide bonds. The molecule has 0 unspecified atom stereocenters. The zero-order valence-electron chi connectivity index (χ0n) is 10.3. The minimum atomic E-state index is 0.589. The summed E-state index contributed by atoms with van der Waals surface area (Å²) < 4.78 is 5.17. The number of halogens is 1. The van der Waals surface area contributed by atoms with Crippen molar-refractivity contribution in [2.24, 2.45) is 0 Å². The highest BCUT2D eigenvalue weighted by atomic mass is 35.5.